The molecule has 2 aromatic heterocycles. The van der Waals surface area contributed by atoms with Gasteiger partial charge in [0.1, 0.15) is 11.7 Å². The molecule has 0 aromatic carbocycles. The van der Waals surface area contributed by atoms with Crippen LogP contribution in [0.15, 0.2) is 16.8 Å². The number of carbonyl (C=O) groups is 2. The van der Waals surface area contributed by atoms with E-state index in [0.29, 0.717) is 5.82 Å². The zero-order valence-corrected chi connectivity index (χ0v) is 14.5. The lowest BCUT2D eigenvalue weighted by Gasteiger charge is -2.12. The average Bonchev–Trinajstić information content (AvgIpc) is 2.96. The maximum absolute atomic E-state index is 12.3. The molecule has 0 aliphatic heterocycles. The standard InChI is InChI=1S/C15H18ClN5O3/c1-7(13-20-14(21-24-13)15(2,3)4)19-12(23)10-9(16)5-8(6-18-10)11(17)22/h5-7H,1-4H3,(H2,17,22)(H,19,23)/t7-/m1/s1. The van der Waals surface area contributed by atoms with Gasteiger partial charge in [0.2, 0.25) is 11.8 Å². The van der Waals surface area contributed by atoms with Gasteiger partial charge in [-0.05, 0) is 13.0 Å². The summed E-state index contributed by atoms with van der Waals surface area (Å²) in [5.74, 6) is -0.386. The van der Waals surface area contributed by atoms with Crippen LogP contribution < -0.4 is 11.1 Å². The van der Waals surface area contributed by atoms with Crippen molar-refractivity contribution in [2.75, 3.05) is 0 Å². The van der Waals surface area contributed by atoms with Crippen molar-refractivity contribution < 1.29 is 14.1 Å². The lowest BCUT2D eigenvalue weighted by molar-refractivity contribution is 0.0925. The van der Waals surface area contributed by atoms with E-state index in [2.05, 4.69) is 20.4 Å². The summed E-state index contributed by atoms with van der Waals surface area (Å²) in [7, 11) is 0. The zero-order chi connectivity index (χ0) is 18.1. The predicted octanol–water partition coefficient (Wildman–Crippen LogP) is 2.01. The third-order valence-corrected chi connectivity index (χ3v) is 3.46. The van der Waals surface area contributed by atoms with E-state index in [1.807, 2.05) is 20.8 Å². The van der Waals surface area contributed by atoms with Gasteiger partial charge < -0.3 is 15.6 Å². The molecule has 128 valence electrons. The van der Waals surface area contributed by atoms with E-state index in [-0.39, 0.29) is 27.6 Å². The van der Waals surface area contributed by atoms with E-state index >= 15 is 0 Å². The van der Waals surface area contributed by atoms with Crippen LogP contribution in [0.1, 0.15) is 66.3 Å². The molecule has 1 atom stereocenters. The fourth-order valence-corrected chi connectivity index (χ4v) is 2.03. The van der Waals surface area contributed by atoms with E-state index in [1.165, 1.54) is 12.3 Å². The molecular weight excluding hydrogens is 334 g/mol. The van der Waals surface area contributed by atoms with Crippen molar-refractivity contribution in [3.8, 4) is 0 Å². The third kappa shape index (κ3) is 3.88. The smallest absolute Gasteiger partial charge is 0.272 e. The Labute approximate surface area is 143 Å². The molecule has 0 bridgehead atoms. The van der Waals surface area contributed by atoms with Crippen molar-refractivity contribution in [2.45, 2.75) is 39.2 Å². The van der Waals surface area contributed by atoms with Gasteiger partial charge >= 0.3 is 0 Å². The first-order chi connectivity index (χ1) is 11.1. The summed E-state index contributed by atoms with van der Waals surface area (Å²) in [5.41, 5.74) is 4.97. The molecule has 2 aromatic rings. The lowest BCUT2D eigenvalue weighted by atomic mass is 9.96. The van der Waals surface area contributed by atoms with E-state index in [9.17, 15) is 9.59 Å². The minimum absolute atomic E-state index is 0.0240. The van der Waals surface area contributed by atoms with Crippen molar-refractivity contribution in [3.63, 3.8) is 0 Å². The summed E-state index contributed by atoms with van der Waals surface area (Å²) >= 11 is 5.98. The Morgan fingerprint density at radius 2 is 2.04 bits per heavy atom. The van der Waals surface area contributed by atoms with Gasteiger partial charge in [-0.15, -0.1) is 0 Å². The second-order valence-corrected chi connectivity index (χ2v) is 6.73. The van der Waals surface area contributed by atoms with Crippen molar-refractivity contribution >= 4 is 23.4 Å². The molecule has 2 rings (SSSR count). The van der Waals surface area contributed by atoms with Crippen LogP contribution >= 0.6 is 11.6 Å². The number of aromatic nitrogens is 3. The molecule has 0 unspecified atom stereocenters. The topological polar surface area (TPSA) is 124 Å². The van der Waals surface area contributed by atoms with Crippen LogP contribution in [0.3, 0.4) is 0 Å². The highest BCUT2D eigenvalue weighted by atomic mass is 35.5. The summed E-state index contributed by atoms with van der Waals surface area (Å²) in [6, 6.07) is 0.760. The summed E-state index contributed by atoms with van der Waals surface area (Å²) in [4.78, 5) is 31.5. The highest BCUT2D eigenvalue weighted by molar-refractivity contribution is 6.33. The van der Waals surface area contributed by atoms with Gasteiger partial charge in [-0.3, -0.25) is 9.59 Å². The van der Waals surface area contributed by atoms with Gasteiger partial charge in [-0.1, -0.05) is 37.5 Å². The number of nitrogens with two attached hydrogens (primary N) is 1. The van der Waals surface area contributed by atoms with Crippen molar-refractivity contribution in [1.29, 1.82) is 0 Å². The Morgan fingerprint density at radius 3 is 2.54 bits per heavy atom. The van der Waals surface area contributed by atoms with Gasteiger partial charge in [-0.2, -0.15) is 4.98 Å². The van der Waals surface area contributed by atoms with E-state index < -0.39 is 17.9 Å². The first kappa shape index (κ1) is 17.9. The highest BCUT2D eigenvalue weighted by Gasteiger charge is 2.25. The molecule has 0 aliphatic carbocycles. The minimum Gasteiger partial charge on any atom is -0.366 e. The van der Waals surface area contributed by atoms with Crippen LogP contribution in [0.5, 0.6) is 0 Å². The summed E-state index contributed by atoms with van der Waals surface area (Å²) in [5, 5.41) is 6.60. The number of rotatable bonds is 4. The molecule has 9 heteroatoms. The normalized spacial score (nSPS) is 12.7. The van der Waals surface area contributed by atoms with Crippen LogP contribution in [0, 0.1) is 0 Å². The highest BCUT2D eigenvalue weighted by Crippen LogP contribution is 2.21. The van der Waals surface area contributed by atoms with Gasteiger partial charge in [-0.25, -0.2) is 4.98 Å². The summed E-state index contributed by atoms with van der Waals surface area (Å²) in [6.07, 6.45) is 1.19. The number of carbonyl (C=O) groups excluding carboxylic acids is 2. The number of pyridine rings is 1. The van der Waals surface area contributed by atoms with E-state index in [0.717, 1.165) is 0 Å². The SMILES string of the molecule is C[C@@H](NC(=O)c1ncc(C(N)=O)cc1Cl)c1nc(C(C)(C)C)no1. The fourth-order valence-electron chi connectivity index (χ4n) is 1.78. The van der Waals surface area contributed by atoms with Gasteiger partial charge in [0, 0.05) is 11.6 Å². The molecule has 0 saturated carbocycles. The van der Waals surface area contributed by atoms with Crippen LogP contribution in [-0.2, 0) is 5.41 Å². The number of nitrogens with zero attached hydrogens (tertiary/aromatic N) is 3. The zero-order valence-electron chi connectivity index (χ0n) is 13.8. The number of amides is 2. The number of hydrogen-bond acceptors (Lipinski definition) is 6. The Balaban J connectivity index is 2.14. The molecule has 0 aliphatic rings. The van der Waals surface area contributed by atoms with Crippen LogP contribution in [0.2, 0.25) is 5.02 Å². The maximum atomic E-state index is 12.3. The third-order valence-electron chi connectivity index (χ3n) is 3.17. The Kier molecular flexibility index (Phi) is 4.88. The second kappa shape index (κ2) is 6.56. The Bertz CT molecular complexity index is 782. The van der Waals surface area contributed by atoms with Crippen molar-refractivity contribution in [3.05, 3.63) is 40.3 Å². The first-order valence-electron chi connectivity index (χ1n) is 7.20. The summed E-state index contributed by atoms with van der Waals surface area (Å²) in [6.45, 7) is 7.56. The van der Waals surface area contributed by atoms with Gasteiger partial charge in [0.05, 0.1) is 10.6 Å². The maximum Gasteiger partial charge on any atom is 0.272 e. The van der Waals surface area contributed by atoms with E-state index in [4.69, 9.17) is 21.9 Å². The fraction of sp³-hybridized carbons (Fsp3) is 0.400. The van der Waals surface area contributed by atoms with Gasteiger partial charge in [0.25, 0.3) is 5.91 Å². The molecule has 0 radical (unpaired) electrons. The largest absolute Gasteiger partial charge is 0.366 e. The van der Waals surface area contributed by atoms with E-state index in [1.54, 1.807) is 6.92 Å². The molecule has 8 nitrogen and oxygen atoms in total. The average molecular weight is 352 g/mol. The first-order valence-corrected chi connectivity index (χ1v) is 7.57. The molecule has 0 fully saturated rings. The molecule has 3 N–H and O–H groups in total. The monoisotopic (exact) mass is 351 g/mol. The minimum atomic E-state index is -0.676. The number of hydrogen-bond donors (Lipinski definition) is 2. The number of nitrogens with one attached hydrogen (secondary N) is 1. The Hall–Kier alpha value is -2.48. The predicted molar refractivity (Wildman–Crippen MR) is 86.6 cm³/mol. The number of primary amides is 1. The second-order valence-electron chi connectivity index (χ2n) is 6.32. The van der Waals surface area contributed by atoms with Crippen LogP contribution in [0.25, 0.3) is 0 Å². The Morgan fingerprint density at radius 1 is 1.38 bits per heavy atom. The molecule has 0 spiro atoms. The molecular formula is C15H18ClN5O3. The van der Waals surface area contributed by atoms with Gasteiger partial charge in [0.15, 0.2) is 5.82 Å². The quantitative estimate of drug-likeness (QED) is 0.868. The molecule has 2 amide bonds. The molecule has 24 heavy (non-hydrogen) atoms. The van der Waals surface area contributed by atoms with Crippen LogP contribution in [-0.4, -0.2) is 26.9 Å². The van der Waals surface area contributed by atoms with Crippen molar-refractivity contribution in [2.24, 2.45) is 5.73 Å². The number of halogens is 1. The molecule has 0 saturated heterocycles. The lowest BCUT2D eigenvalue weighted by Crippen LogP contribution is -2.28. The van der Waals surface area contributed by atoms with Crippen molar-refractivity contribution in [1.82, 2.24) is 20.4 Å². The summed E-state index contributed by atoms with van der Waals surface area (Å²) < 4.78 is 5.18. The molecule has 2 heterocycles. The van der Waals surface area contributed by atoms with Crippen LogP contribution in [0.4, 0.5) is 0 Å².